The van der Waals surface area contributed by atoms with Crippen molar-refractivity contribution in [1.82, 2.24) is 9.38 Å². The lowest BCUT2D eigenvalue weighted by molar-refractivity contribution is -0.153. The molecule has 2 aromatic heterocycles. The third-order valence-corrected chi connectivity index (χ3v) is 3.48. The number of hydrogen-bond donors (Lipinski definition) is 2. The largest absolute Gasteiger partial charge is 0.481 e. The quantitative estimate of drug-likeness (QED) is 0.803. The van der Waals surface area contributed by atoms with E-state index in [1.165, 1.54) is 0 Å². The monoisotopic (exact) mass is 232 g/mol. The first-order valence-electron chi connectivity index (χ1n) is 5.47. The molecule has 0 spiro atoms. The van der Waals surface area contributed by atoms with Gasteiger partial charge >= 0.3 is 5.97 Å². The van der Waals surface area contributed by atoms with Crippen molar-refractivity contribution in [3.63, 3.8) is 0 Å². The summed E-state index contributed by atoms with van der Waals surface area (Å²) in [7, 11) is 0. The number of carboxylic acid groups (broad SMARTS) is 1. The van der Waals surface area contributed by atoms with Crippen molar-refractivity contribution >= 4 is 11.6 Å². The zero-order valence-corrected chi connectivity index (χ0v) is 9.08. The fourth-order valence-electron chi connectivity index (χ4n) is 2.52. The van der Waals surface area contributed by atoms with Crippen LogP contribution in [-0.4, -0.2) is 31.7 Å². The molecule has 0 radical (unpaired) electrons. The van der Waals surface area contributed by atoms with E-state index in [4.69, 9.17) is 0 Å². The highest BCUT2D eigenvalue weighted by molar-refractivity contribution is 5.82. The third kappa shape index (κ3) is 1.29. The lowest BCUT2D eigenvalue weighted by Crippen LogP contribution is -2.51. The fraction of sp³-hybridized carbons (Fsp3) is 0.333. The maximum atomic E-state index is 11.4. The van der Waals surface area contributed by atoms with Crippen LogP contribution in [0.3, 0.4) is 0 Å². The minimum Gasteiger partial charge on any atom is -0.481 e. The molecule has 88 valence electrons. The van der Waals surface area contributed by atoms with Crippen LogP contribution >= 0.6 is 0 Å². The van der Waals surface area contributed by atoms with Crippen molar-refractivity contribution in [2.75, 3.05) is 0 Å². The molecule has 2 heterocycles. The first-order chi connectivity index (χ1) is 8.13. The highest BCUT2D eigenvalue weighted by atomic mass is 16.4. The summed E-state index contributed by atoms with van der Waals surface area (Å²) < 4.78 is 1.78. The van der Waals surface area contributed by atoms with Gasteiger partial charge in [0.2, 0.25) is 0 Å². The number of aliphatic carboxylic acids is 1. The molecule has 2 aromatic rings. The molecule has 17 heavy (non-hydrogen) atoms. The van der Waals surface area contributed by atoms with E-state index in [2.05, 4.69) is 4.98 Å². The second-order valence-corrected chi connectivity index (χ2v) is 4.52. The average Bonchev–Trinajstić information content (AvgIpc) is 2.68. The smallest absolute Gasteiger partial charge is 0.315 e. The maximum absolute atomic E-state index is 11.4. The molecule has 0 bridgehead atoms. The number of carbonyl (C=O) groups is 1. The number of pyridine rings is 1. The number of aromatic nitrogens is 2. The Morgan fingerprint density at radius 2 is 2.24 bits per heavy atom. The Labute approximate surface area is 97.3 Å². The van der Waals surface area contributed by atoms with E-state index in [9.17, 15) is 15.0 Å². The van der Waals surface area contributed by atoms with Crippen LogP contribution in [0.1, 0.15) is 18.5 Å². The summed E-state index contributed by atoms with van der Waals surface area (Å²) in [6.45, 7) is 0. The van der Waals surface area contributed by atoms with E-state index in [1.807, 2.05) is 18.2 Å². The van der Waals surface area contributed by atoms with Crippen LogP contribution < -0.4 is 0 Å². The van der Waals surface area contributed by atoms with E-state index in [-0.39, 0.29) is 12.8 Å². The first-order valence-corrected chi connectivity index (χ1v) is 5.47. The minimum atomic E-state index is -0.986. The number of nitrogens with zero attached hydrogens (tertiary/aromatic N) is 2. The zero-order chi connectivity index (χ0) is 12.0. The Morgan fingerprint density at radius 3 is 2.88 bits per heavy atom. The molecule has 0 unspecified atom stereocenters. The molecule has 1 aliphatic rings. The summed E-state index contributed by atoms with van der Waals surface area (Å²) in [4.78, 5) is 15.6. The molecule has 5 nitrogen and oxygen atoms in total. The van der Waals surface area contributed by atoms with Crippen LogP contribution in [-0.2, 0) is 10.2 Å². The second-order valence-electron chi connectivity index (χ2n) is 4.52. The molecule has 1 aliphatic carbocycles. The third-order valence-electron chi connectivity index (χ3n) is 3.48. The Balaban J connectivity index is 2.17. The van der Waals surface area contributed by atoms with E-state index >= 15 is 0 Å². The summed E-state index contributed by atoms with van der Waals surface area (Å²) in [6.07, 6.45) is 3.37. The van der Waals surface area contributed by atoms with Gasteiger partial charge in [-0.2, -0.15) is 0 Å². The second kappa shape index (κ2) is 3.30. The Bertz CT molecular complexity index is 584. The molecule has 1 fully saturated rings. The molecular formula is C12H12N2O3. The molecule has 0 aliphatic heterocycles. The Kier molecular flexibility index (Phi) is 2.00. The van der Waals surface area contributed by atoms with Crippen molar-refractivity contribution in [3.8, 4) is 0 Å². The van der Waals surface area contributed by atoms with Gasteiger partial charge in [0.15, 0.2) is 0 Å². The van der Waals surface area contributed by atoms with Crippen molar-refractivity contribution in [2.45, 2.75) is 24.4 Å². The van der Waals surface area contributed by atoms with Crippen LogP contribution in [0.5, 0.6) is 0 Å². The lowest BCUT2D eigenvalue weighted by atomic mass is 9.65. The summed E-state index contributed by atoms with van der Waals surface area (Å²) in [6, 6.07) is 5.52. The van der Waals surface area contributed by atoms with Gasteiger partial charge in [0.1, 0.15) is 11.1 Å². The summed E-state index contributed by atoms with van der Waals surface area (Å²) in [5.74, 6) is -0.895. The van der Waals surface area contributed by atoms with Gasteiger partial charge in [-0.05, 0) is 25.0 Å². The number of hydrogen-bond acceptors (Lipinski definition) is 3. The SMILES string of the molecule is O=C(O)C1(c2cnc3ccccn23)CC(O)C1. The highest BCUT2D eigenvalue weighted by Gasteiger charge is 2.53. The van der Waals surface area contributed by atoms with Crippen LogP contribution in [0, 0.1) is 0 Å². The van der Waals surface area contributed by atoms with E-state index < -0.39 is 17.5 Å². The molecule has 0 atom stereocenters. The number of carboxylic acids is 1. The number of imidazole rings is 1. The van der Waals surface area contributed by atoms with Crippen molar-refractivity contribution in [2.24, 2.45) is 0 Å². The van der Waals surface area contributed by atoms with Crippen LogP contribution in [0.2, 0.25) is 0 Å². The molecule has 3 rings (SSSR count). The first kappa shape index (κ1) is 10.3. The van der Waals surface area contributed by atoms with Crippen LogP contribution in [0.25, 0.3) is 5.65 Å². The zero-order valence-electron chi connectivity index (χ0n) is 9.08. The summed E-state index contributed by atoms with van der Waals surface area (Å²) in [5, 5.41) is 18.8. The van der Waals surface area contributed by atoms with Gasteiger partial charge in [0.05, 0.1) is 18.0 Å². The van der Waals surface area contributed by atoms with Gasteiger partial charge in [-0.1, -0.05) is 6.07 Å². The number of aliphatic hydroxyl groups is 1. The van der Waals surface area contributed by atoms with Crippen molar-refractivity contribution in [1.29, 1.82) is 0 Å². The Hall–Kier alpha value is -1.88. The number of fused-ring (bicyclic) bond motifs is 1. The Morgan fingerprint density at radius 1 is 1.47 bits per heavy atom. The summed E-state index contributed by atoms with van der Waals surface area (Å²) in [5.41, 5.74) is 0.385. The van der Waals surface area contributed by atoms with Gasteiger partial charge in [0.25, 0.3) is 0 Å². The van der Waals surface area contributed by atoms with Gasteiger partial charge in [-0.3, -0.25) is 4.79 Å². The topological polar surface area (TPSA) is 74.8 Å². The lowest BCUT2D eigenvalue weighted by Gasteiger charge is -2.41. The maximum Gasteiger partial charge on any atom is 0.315 e. The molecule has 2 N–H and O–H groups in total. The molecule has 5 heteroatoms. The molecular weight excluding hydrogens is 220 g/mol. The molecule has 0 amide bonds. The van der Waals surface area contributed by atoms with Gasteiger partial charge in [0, 0.05) is 6.20 Å². The van der Waals surface area contributed by atoms with E-state index in [0.29, 0.717) is 5.69 Å². The fourth-order valence-corrected chi connectivity index (χ4v) is 2.52. The van der Waals surface area contributed by atoms with Crippen molar-refractivity contribution in [3.05, 3.63) is 36.3 Å². The predicted octanol–water partition coefficient (Wildman–Crippen LogP) is 0.811. The summed E-state index contributed by atoms with van der Waals surface area (Å²) >= 11 is 0. The predicted molar refractivity (Wildman–Crippen MR) is 59.7 cm³/mol. The normalized spacial score (nSPS) is 27.9. The number of rotatable bonds is 2. The van der Waals surface area contributed by atoms with Gasteiger partial charge in [-0.15, -0.1) is 0 Å². The minimum absolute atomic E-state index is 0.255. The van der Waals surface area contributed by atoms with E-state index in [1.54, 1.807) is 16.8 Å². The molecule has 0 aromatic carbocycles. The average molecular weight is 232 g/mol. The van der Waals surface area contributed by atoms with Crippen LogP contribution in [0.15, 0.2) is 30.6 Å². The van der Waals surface area contributed by atoms with E-state index in [0.717, 1.165) is 5.65 Å². The molecule has 1 saturated carbocycles. The number of aliphatic hydroxyl groups excluding tert-OH is 1. The van der Waals surface area contributed by atoms with Crippen molar-refractivity contribution < 1.29 is 15.0 Å². The van der Waals surface area contributed by atoms with Gasteiger partial charge in [-0.25, -0.2) is 4.98 Å². The van der Waals surface area contributed by atoms with Crippen LogP contribution in [0.4, 0.5) is 0 Å². The standard InChI is InChI=1S/C12H12N2O3/c15-8-5-12(6-8,11(16)17)9-7-13-10-3-1-2-4-14(9)10/h1-4,7-8,15H,5-6H2,(H,16,17). The van der Waals surface area contributed by atoms with Gasteiger partial charge < -0.3 is 14.6 Å². The highest BCUT2D eigenvalue weighted by Crippen LogP contribution is 2.44. The molecule has 0 saturated heterocycles.